The van der Waals surface area contributed by atoms with E-state index in [0.29, 0.717) is 6.04 Å². The molecule has 20 heavy (non-hydrogen) atoms. The van der Waals surface area contributed by atoms with Gasteiger partial charge in [-0.3, -0.25) is 14.6 Å². The normalized spacial score (nSPS) is 20.6. The number of nitrogens with zero attached hydrogens (tertiary/aromatic N) is 3. The van der Waals surface area contributed by atoms with Gasteiger partial charge in [-0.2, -0.15) is 0 Å². The number of carbonyl (C=O) groups excluding carboxylic acids is 1. The number of likely N-dealkylation sites (N-methyl/N-ethyl adjacent to an activating group) is 1. The van der Waals surface area contributed by atoms with Gasteiger partial charge in [0, 0.05) is 51.9 Å². The van der Waals surface area contributed by atoms with Gasteiger partial charge in [-0.15, -0.1) is 0 Å². The molecule has 1 rings (SSSR count). The largest absolute Gasteiger partial charge is 0.342 e. The SMILES string of the molecule is CCC(CN)N1CCN(C(C)C(=O)N(CC)CC)CC1. The van der Waals surface area contributed by atoms with Crippen molar-refractivity contribution in [2.45, 2.75) is 46.2 Å². The van der Waals surface area contributed by atoms with E-state index in [0.717, 1.165) is 52.2 Å². The number of carbonyl (C=O) groups is 1. The maximum atomic E-state index is 12.4. The van der Waals surface area contributed by atoms with E-state index in [-0.39, 0.29) is 11.9 Å². The van der Waals surface area contributed by atoms with E-state index in [1.807, 2.05) is 25.7 Å². The molecule has 0 aliphatic carbocycles. The predicted molar refractivity (Wildman–Crippen MR) is 83.7 cm³/mol. The Hall–Kier alpha value is -0.650. The summed E-state index contributed by atoms with van der Waals surface area (Å²) in [5, 5.41) is 0. The first-order valence-electron chi connectivity index (χ1n) is 8.05. The molecule has 2 atom stereocenters. The second-order valence-corrected chi connectivity index (χ2v) is 5.56. The Balaban J connectivity index is 2.50. The fourth-order valence-corrected chi connectivity index (χ4v) is 3.02. The molecule has 2 unspecified atom stereocenters. The van der Waals surface area contributed by atoms with Crippen molar-refractivity contribution in [3.05, 3.63) is 0 Å². The Morgan fingerprint density at radius 2 is 1.60 bits per heavy atom. The van der Waals surface area contributed by atoms with Crippen LogP contribution in [0.2, 0.25) is 0 Å². The van der Waals surface area contributed by atoms with Gasteiger partial charge >= 0.3 is 0 Å². The molecule has 0 radical (unpaired) electrons. The molecule has 5 nitrogen and oxygen atoms in total. The van der Waals surface area contributed by atoms with Gasteiger partial charge in [-0.25, -0.2) is 0 Å². The minimum atomic E-state index is -0.00463. The van der Waals surface area contributed by atoms with Crippen LogP contribution in [0, 0.1) is 0 Å². The van der Waals surface area contributed by atoms with E-state index >= 15 is 0 Å². The van der Waals surface area contributed by atoms with Crippen LogP contribution in [0.25, 0.3) is 0 Å². The first-order chi connectivity index (χ1) is 9.58. The smallest absolute Gasteiger partial charge is 0.239 e. The molecule has 1 aliphatic heterocycles. The lowest BCUT2D eigenvalue weighted by molar-refractivity contribution is -0.136. The summed E-state index contributed by atoms with van der Waals surface area (Å²) in [5.74, 6) is 0.259. The van der Waals surface area contributed by atoms with E-state index in [2.05, 4.69) is 16.7 Å². The number of rotatable bonds is 7. The van der Waals surface area contributed by atoms with Gasteiger partial charge in [-0.05, 0) is 27.2 Å². The highest BCUT2D eigenvalue weighted by Gasteiger charge is 2.29. The molecule has 1 heterocycles. The van der Waals surface area contributed by atoms with Gasteiger partial charge in [0.2, 0.25) is 5.91 Å². The molecule has 0 aromatic rings. The molecule has 5 heteroatoms. The molecule has 1 aliphatic rings. The standard InChI is InChI=1S/C15H32N4O/c1-5-14(12-16)19-10-8-18(9-11-19)13(4)15(20)17(6-2)7-3/h13-14H,5-12,16H2,1-4H3. The summed E-state index contributed by atoms with van der Waals surface area (Å²) in [4.78, 5) is 19.1. The van der Waals surface area contributed by atoms with Crippen molar-refractivity contribution in [1.29, 1.82) is 0 Å². The van der Waals surface area contributed by atoms with E-state index in [9.17, 15) is 4.79 Å². The number of hydrogen-bond acceptors (Lipinski definition) is 4. The molecule has 1 amide bonds. The van der Waals surface area contributed by atoms with Crippen molar-refractivity contribution in [3.63, 3.8) is 0 Å². The topological polar surface area (TPSA) is 52.8 Å². The van der Waals surface area contributed by atoms with Crippen LogP contribution in [0.3, 0.4) is 0 Å². The maximum absolute atomic E-state index is 12.4. The number of hydrogen-bond donors (Lipinski definition) is 1. The summed E-state index contributed by atoms with van der Waals surface area (Å²) in [7, 11) is 0. The van der Waals surface area contributed by atoms with Crippen LogP contribution >= 0.6 is 0 Å². The first kappa shape index (κ1) is 17.4. The monoisotopic (exact) mass is 284 g/mol. The number of piperazine rings is 1. The molecule has 1 fully saturated rings. The molecule has 1 saturated heterocycles. The fourth-order valence-electron chi connectivity index (χ4n) is 3.02. The van der Waals surface area contributed by atoms with E-state index < -0.39 is 0 Å². The first-order valence-corrected chi connectivity index (χ1v) is 8.05. The van der Waals surface area contributed by atoms with Crippen LogP contribution in [-0.4, -0.2) is 78.5 Å². The lowest BCUT2D eigenvalue weighted by atomic mass is 10.1. The van der Waals surface area contributed by atoms with Crippen molar-refractivity contribution in [2.24, 2.45) is 5.73 Å². The highest BCUT2D eigenvalue weighted by molar-refractivity contribution is 5.81. The van der Waals surface area contributed by atoms with Gasteiger partial charge in [0.15, 0.2) is 0 Å². The highest BCUT2D eigenvalue weighted by Crippen LogP contribution is 2.12. The molecule has 0 bridgehead atoms. The van der Waals surface area contributed by atoms with Gasteiger partial charge in [-0.1, -0.05) is 6.92 Å². The van der Waals surface area contributed by atoms with Crippen molar-refractivity contribution >= 4 is 5.91 Å². The molecule has 0 spiro atoms. The summed E-state index contributed by atoms with van der Waals surface area (Å²) in [6.45, 7) is 14.6. The quantitative estimate of drug-likeness (QED) is 0.744. The van der Waals surface area contributed by atoms with Gasteiger partial charge < -0.3 is 10.6 Å². The van der Waals surface area contributed by atoms with Crippen LogP contribution in [0.5, 0.6) is 0 Å². The lowest BCUT2D eigenvalue weighted by Gasteiger charge is -2.41. The minimum Gasteiger partial charge on any atom is -0.342 e. The second-order valence-electron chi connectivity index (χ2n) is 5.56. The summed E-state index contributed by atoms with van der Waals surface area (Å²) in [6, 6.07) is 0.487. The summed E-state index contributed by atoms with van der Waals surface area (Å²) >= 11 is 0. The van der Waals surface area contributed by atoms with Crippen molar-refractivity contribution in [1.82, 2.24) is 14.7 Å². The van der Waals surface area contributed by atoms with Crippen LogP contribution in [0.15, 0.2) is 0 Å². The zero-order valence-corrected chi connectivity index (χ0v) is 13.6. The fraction of sp³-hybridized carbons (Fsp3) is 0.933. The molecule has 0 aromatic carbocycles. The molecule has 0 aromatic heterocycles. The van der Waals surface area contributed by atoms with E-state index in [4.69, 9.17) is 5.73 Å². The Labute approximate surface area is 124 Å². The Morgan fingerprint density at radius 1 is 1.10 bits per heavy atom. The molecular formula is C15H32N4O. The zero-order valence-electron chi connectivity index (χ0n) is 13.6. The maximum Gasteiger partial charge on any atom is 0.239 e. The lowest BCUT2D eigenvalue weighted by Crippen LogP contribution is -2.57. The van der Waals surface area contributed by atoms with Crippen LogP contribution in [0.1, 0.15) is 34.1 Å². The van der Waals surface area contributed by atoms with Crippen LogP contribution in [-0.2, 0) is 4.79 Å². The van der Waals surface area contributed by atoms with Crippen molar-refractivity contribution in [2.75, 3.05) is 45.8 Å². The summed E-state index contributed by atoms with van der Waals surface area (Å²) in [5.41, 5.74) is 5.82. The molecule has 2 N–H and O–H groups in total. The third kappa shape index (κ3) is 4.17. The molecule has 118 valence electrons. The Bertz CT molecular complexity index is 282. The number of amides is 1. The molecule has 0 saturated carbocycles. The van der Waals surface area contributed by atoms with Gasteiger partial charge in [0.05, 0.1) is 6.04 Å². The summed E-state index contributed by atoms with van der Waals surface area (Å²) in [6.07, 6.45) is 1.10. The van der Waals surface area contributed by atoms with Crippen LogP contribution < -0.4 is 5.73 Å². The van der Waals surface area contributed by atoms with Gasteiger partial charge in [0.25, 0.3) is 0 Å². The highest BCUT2D eigenvalue weighted by atomic mass is 16.2. The van der Waals surface area contributed by atoms with Crippen molar-refractivity contribution in [3.8, 4) is 0 Å². The predicted octanol–water partition coefficient (Wildman–Crippen LogP) is 0.598. The average Bonchev–Trinajstić information content (AvgIpc) is 2.49. The van der Waals surface area contributed by atoms with Crippen LogP contribution in [0.4, 0.5) is 0 Å². The Morgan fingerprint density at radius 3 is 2.00 bits per heavy atom. The third-order valence-corrected chi connectivity index (χ3v) is 4.59. The zero-order chi connectivity index (χ0) is 15.1. The average molecular weight is 284 g/mol. The number of nitrogens with two attached hydrogens (primary N) is 1. The second kappa shape index (κ2) is 8.60. The van der Waals surface area contributed by atoms with E-state index in [1.54, 1.807) is 0 Å². The van der Waals surface area contributed by atoms with E-state index in [1.165, 1.54) is 0 Å². The minimum absolute atomic E-state index is 0.00463. The molecular weight excluding hydrogens is 252 g/mol. The van der Waals surface area contributed by atoms with Crippen molar-refractivity contribution < 1.29 is 4.79 Å². The van der Waals surface area contributed by atoms with Gasteiger partial charge in [0.1, 0.15) is 0 Å². The third-order valence-electron chi connectivity index (χ3n) is 4.59. The Kier molecular flexibility index (Phi) is 7.48. The summed E-state index contributed by atoms with van der Waals surface area (Å²) < 4.78 is 0.